The quantitative estimate of drug-likeness (QED) is 0.0201. The lowest BCUT2D eigenvalue weighted by molar-refractivity contribution is -0.0944. The van der Waals surface area contributed by atoms with E-state index in [1.807, 2.05) is 78.9 Å². The lowest BCUT2D eigenvalue weighted by Crippen LogP contribution is -2.43. The zero-order valence-corrected chi connectivity index (χ0v) is 37.8. The molecule has 3 aromatic carbocycles. The van der Waals surface area contributed by atoms with Crippen molar-refractivity contribution in [2.75, 3.05) is 48.1 Å². The summed E-state index contributed by atoms with van der Waals surface area (Å²) in [6, 6.07) is 27.5. The molecule has 3 heterocycles. The summed E-state index contributed by atoms with van der Waals surface area (Å²) < 4.78 is 49.4. The van der Waals surface area contributed by atoms with Gasteiger partial charge in [0.2, 0.25) is 5.95 Å². The van der Waals surface area contributed by atoms with Crippen LogP contribution < -0.4 is 15.0 Å². The molecular weight excluding hydrogens is 824 g/mol. The van der Waals surface area contributed by atoms with E-state index < -0.39 is 44.2 Å². The number of rotatable bonds is 21. The Hall–Kier alpha value is -5.68. The molecule has 16 nitrogen and oxygen atoms in total. The zero-order valence-electron chi connectivity index (χ0n) is 36.9. The topological polar surface area (TPSA) is 171 Å². The van der Waals surface area contributed by atoms with Crippen molar-refractivity contribution in [2.24, 2.45) is 4.99 Å². The number of aromatic amines is 1. The molecule has 5 aromatic rings. The van der Waals surface area contributed by atoms with Crippen LogP contribution in [0.2, 0.25) is 0 Å². The summed E-state index contributed by atoms with van der Waals surface area (Å²) in [7, 11) is 5.02. The van der Waals surface area contributed by atoms with Gasteiger partial charge in [-0.15, -0.1) is 6.42 Å². The van der Waals surface area contributed by atoms with E-state index in [9.17, 15) is 10.1 Å². The summed E-state index contributed by atoms with van der Waals surface area (Å²) in [6.07, 6.45) is 5.34. The minimum Gasteiger partial charge on any atom is -0.497 e. The van der Waals surface area contributed by atoms with Crippen LogP contribution >= 0.6 is 8.53 Å². The Morgan fingerprint density at radius 3 is 2.14 bits per heavy atom. The van der Waals surface area contributed by atoms with Crippen LogP contribution in [0.1, 0.15) is 57.0 Å². The molecule has 2 aromatic heterocycles. The molecule has 1 N–H and O–H groups in total. The van der Waals surface area contributed by atoms with Crippen LogP contribution in [0.15, 0.2) is 95.0 Å². The molecule has 0 amide bonds. The number of methoxy groups -OCH3 is 2. The number of nitrogens with one attached hydrogen (secondary N) is 1. The predicted octanol–water partition coefficient (Wildman–Crippen LogP) is 6.94. The number of hydrogen-bond acceptors (Lipinski definition) is 13. The summed E-state index contributed by atoms with van der Waals surface area (Å²) in [4.78, 5) is 31.3. The first kappa shape index (κ1) is 46.8. The first-order valence-electron chi connectivity index (χ1n) is 20.6. The van der Waals surface area contributed by atoms with E-state index in [-0.39, 0.29) is 55.4 Å². The van der Waals surface area contributed by atoms with Crippen LogP contribution in [-0.2, 0) is 28.9 Å². The maximum Gasteiger partial charge on any atom is 0.280 e. The van der Waals surface area contributed by atoms with Crippen LogP contribution in [0.3, 0.4) is 0 Å². The molecule has 0 radical (unpaired) electrons. The third-order valence-corrected chi connectivity index (χ3v) is 12.4. The number of H-pyrrole nitrogens is 1. The van der Waals surface area contributed by atoms with Gasteiger partial charge in [0.1, 0.15) is 42.0 Å². The molecule has 0 saturated carbocycles. The van der Waals surface area contributed by atoms with Crippen molar-refractivity contribution in [3.05, 3.63) is 112 Å². The van der Waals surface area contributed by atoms with E-state index in [0.29, 0.717) is 11.5 Å². The number of ether oxygens (including phenoxy) is 5. The number of aromatic nitrogens is 4. The monoisotopic (exact) mass is 878 g/mol. The molecule has 0 spiro atoms. The SMILES string of the molecule is C#CCOC1[C@@H](OP(OCCC#N)N(C(C)C)C(C)C)[C@@H](COC(c2ccccc2)(c2ccc(OC)cc2)c2ccc(OC)cc2)O[C@H]1n1cnc2c(=O)[nH]c(/N=C/N(C)C)nc21. The second kappa shape index (κ2) is 21.6. The third kappa shape index (κ3) is 10.6. The van der Waals surface area contributed by atoms with Gasteiger partial charge in [-0.2, -0.15) is 10.2 Å². The maximum absolute atomic E-state index is 13.4. The van der Waals surface area contributed by atoms with Gasteiger partial charge in [0, 0.05) is 26.2 Å². The molecule has 1 saturated heterocycles. The number of benzene rings is 3. The van der Waals surface area contributed by atoms with E-state index in [2.05, 4.69) is 64.3 Å². The van der Waals surface area contributed by atoms with Crippen LogP contribution in [0.4, 0.5) is 5.95 Å². The Morgan fingerprint density at radius 2 is 1.59 bits per heavy atom. The summed E-state index contributed by atoms with van der Waals surface area (Å²) in [5.74, 6) is 4.03. The average Bonchev–Trinajstić information content (AvgIpc) is 3.86. The molecule has 0 bridgehead atoms. The van der Waals surface area contributed by atoms with E-state index in [4.69, 9.17) is 39.2 Å². The number of hydrogen-bond donors (Lipinski definition) is 1. The van der Waals surface area contributed by atoms with Gasteiger partial charge in [0.05, 0.1) is 52.6 Å². The first-order valence-corrected chi connectivity index (χ1v) is 21.7. The summed E-state index contributed by atoms with van der Waals surface area (Å²) in [5.41, 5.74) is 1.05. The molecule has 6 rings (SSSR count). The first-order chi connectivity index (χ1) is 30.4. The minimum atomic E-state index is -1.84. The Kier molecular flexibility index (Phi) is 16.1. The van der Waals surface area contributed by atoms with Crippen molar-refractivity contribution in [3.63, 3.8) is 0 Å². The molecule has 1 aliphatic heterocycles. The molecule has 1 aliphatic rings. The van der Waals surface area contributed by atoms with Gasteiger partial charge in [-0.05, 0) is 68.7 Å². The Bertz CT molecular complexity index is 2360. The summed E-state index contributed by atoms with van der Waals surface area (Å²) >= 11 is 0. The third-order valence-electron chi connectivity index (χ3n) is 10.3. The molecule has 63 heavy (non-hydrogen) atoms. The van der Waals surface area contributed by atoms with Crippen molar-refractivity contribution < 1.29 is 32.7 Å². The Balaban J connectivity index is 1.53. The van der Waals surface area contributed by atoms with Gasteiger partial charge >= 0.3 is 0 Å². The second-order valence-corrected chi connectivity index (χ2v) is 16.8. The van der Waals surface area contributed by atoms with Crippen LogP contribution in [0.25, 0.3) is 11.2 Å². The molecular formula is C46H55N8O8P. The van der Waals surface area contributed by atoms with Gasteiger partial charge in [-0.25, -0.2) is 14.6 Å². The highest BCUT2D eigenvalue weighted by molar-refractivity contribution is 7.44. The van der Waals surface area contributed by atoms with Crippen molar-refractivity contribution >= 4 is 32.0 Å². The average molecular weight is 879 g/mol. The smallest absolute Gasteiger partial charge is 0.280 e. The standard InChI is InChI=1S/C46H55N8O8P/c1-10-26-58-41-40(62-63(60-27-14-25-47)54(31(2)3)32(4)5)38(61-44(41)53-30-48-39-42(53)50-45(51-43(39)55)49-29-52(6)7)28-59-46(33-15-12-11-13-16-33,34-17-21-36(56-8)22-18-34)35-19-23-37(57-9)24-20-35/h1,11-13,15-24,29-32,38,40-41,44H,14,26-28H2,2-9H3,(H,50,51,55)/b49-29+/t38-,40+,41?,44-,63?/m1/s1. The van der Waals surface area contributed by atoms with Crippen molar-refractivity contribution in [1.29, 1.82) is 5.26 Å². The Labute approximate surface area is 369 Å². The molecule has 1 fully saturated rings. The fourth-order valence-corrected chi connectivity index (χ4v) is 9.30. The highest BCUT2D eigenvalue weighted by atomic mass is 31.2. The summed E-state index contributed by atoms with van der Waals surface area (Å²) in [6.45, 7) is 8.20. The largest absolute Gasteiger partial charge is 0.497 e. The number of imidazole rings is 1. The van der Waals surface area contributed by atoms with Gasteiger partial charge < -0.3 is 37.6 Å². The molecule has 2 unspecified atom stereocenters. The van der Waals surface area contributed by atoms with Crippen LogP contribution in [-0.4, -0.2) is 114 Å². The van der Waals surface area contributed by atoms with E-state index in [1.54, 1.807) is 37.8 Å². The lowest BCUT2D eigenvalue weighted by Gasteiger charge is -2.39. The highest BCUT2D eigenvalue weighted by Gasteiger charge is 2.52. The predicted molar refractivity (Wildman–Crippen MR) is 241 cm³/mol. The van der Waals surface area contributed by atoms with E-state index in [0.717, 1.165) is 16.7 Å². The zero-order chi connectivity index (χ0) is 45.1. The molecule has 332 valence electrons. The van der Waals surface area contributed by atoms with Crippen LogP contribution in [0.5, 0.6) is 11.5 Å². The number of terminal acetylenes is 1. The molecule has 5 atom stereocenters. The minimum absolute atomic E-state index is 0.0124. The number of nitriles is 1. The fraction of sp³-hybridized carbons (Fsp3) is 0.413. The molecule has 0 aliphatic carbocycles. The number of nitrogens with zero attached hydrogens (tertiary/aromatic N) is 7. The molecule has 17 heteroatoms. The van der Waals surface area contributed by atoms with E-state index >= 15 is 0 Å². The highest BCUT2D eigenvalue weighted by Crippen LogP contribution is 2.51. The van der Waals surface area contributed by atoms with Crippen LogP contribution in [0, 0.1) is 23.7 Å². The second-order valence-electron chi connectivity index (χ2n) is 15.4. The number of aliphatic imine (C=N–C) groups is 1. The Morgan fingerprint density at radius 1 is 0.968 bits per heavy atom. The maximum atomic E-state index is 13.4. The van der Waals surface area contributed by atoms with Crippen molar-refractivity contribution in [2.45, 2.75) is 76.3 Å². The van der Waals surface area contributed by atoms with Gasteiger partial charge in [0.15, 0.2) is 17.4 Å². The van der Waals surface area contributed by atoms with Crippen molar-refractivity contribution in [1.82, 2.24) is 29.1 Å². The van der Waals surface area contributed by atoms with E-state index in [1.165, 1.54) is 12.7 Å². The van der Waals surface area contributed by atoms with Gasteiger partial charge in [-0.1, -0.05) is 60.5 Å². The lowest BCUT2D eigenvalue weighted by atomic mass is 9.80. The number of fused-ring (bicyclic) bond motifs is 1. The van der Waals surface area contributed by atoms with Gasteiger partial charge in [0.25, 0.3) is 14.1 Å². The van der Waals surface area contributed by atoms with Gasteiger partial charge in [-0.3, -0.25) is 14.3 Å². The fourth-order valence-electron chi connectivity index (χ4n) is 7.53. The normalized spacial score (nSPS) is 18.3. The van der Waals surface area contributed by atoms with Crippen molar-refractivity contribution in [3.8, 4) is 29.9 Å². The summed E-state index contributed by atoms with van der Waals surface area (Å²) in [5, 5.41) is 9.50.